The van der Waals surface area contributed by atoms with Gasteiger partial charge in [0.2, 0.25) is 15.9 Å². The summed E-state index contributed by atoms with van der Waals surface area (Å²) in [6, 6.07) is 11.7. The number of hydrogen-bond donors (Lipinski definition) is 1. The predicted octanol–water partition coefficient (Wildman–Crippen LogP) is 3.42. The lowest BCUT2D eigenvalue weighted by molar-refractivity contribution is -0.116. The molecule has 2 rings (SSSR count). The molecule has 26 heavy (non-hydrogen) atoms. The first-order valence-corrected chi connectivity index (χ1v) is 10.2. The van der Waals surface area contributed by atoms with Crippen LogP contribution >= 0.6 is 15.9 Å². The Hall–Kier alpha value is -1.90. The molecule has 6 nitrogen and oxygen atoms in total. The number of nitrogens with one attached hydrogen (secondary N) is 1. The van der Waals surface area contributed by atoms with Crippen LogP contribution in [0, 0.1) is 6.92 Å². The van der Waals surface area contributed by atoms with E-state index in [9.17, 15) is 13.2 Å². The number of rotatable bonds is 7. The minimum atomic E-state index is -3.78. The lowest BCUT2D eigenvalue weighted by atomic mass is 10.2. The number of hydrogen-bond acceptors (Lipinski definition) is 4. The third-order valence-electron chi connectivity index (χ3n) is 3.63. The number of sulfonamides is 1. The lowest BCUT2D eigenvalue weighted by Crippen LogP contribution is -2.35. The fourth-order valence-corrected chi connectivity index (χ4v) is 3.95. The Morgan fingerprint density at radius 2 is 1.96 bits per heavy atom. The first-order valence-electron chi connectivity index (χ1n) is 7.99. The highest BCUT2D eigenvalue weighted by molar-refractivity contribution is 9.10. The third kappa shape index (κ3) is 5.06. The Morgan fingerprint density at radius 3 is 2.58 bits per heavy atom. The van der Waals surface area contributed by atoms with Gasteiger partial charge in [-0.05, 0) is 55.8 Å². The molecule has 2 aromatic carbocycles. The van der Waals surface area contributed by atoms with E-state index in [1.165, 1.54) is 13.1 Å². The van der Waals surface area contributed by atoms with Gasteiger partial charge in [-0.2, -0.15) is 4.31 Å². The first-order chi connectivity index (χ1) is 12.2. The van der Waals surface area contributed by atoms with Gasteiger partial charge in [-0.3, -0.25) is 4.79 Å². The molecule has 0 radical (unpaired) electrons. The van der Waals surface area contributed by atoms with Crippen molar-refractivity contribution in [1.82, 2.24) is 4.31 Å². The average molecular weight is 441 g/mol. The van der Waals surface area contributed by atoms with Crippen molar-refractivity contribution >= 4 is 37.5 Å². The molecule has 0 aromatic heterocycles. The van der Waals surface area contributed by atoms with Gasteiger partial charge in [0.25, 0.3) is 0 Å². The molecule has 1 amide bonds. The van der Waals surface area contributed by atoms with Crippen LogP contribution in [-0.2, 0) is 14.8 Å². The number of carbonyl (C=O) groups is 1. The Kier molecular flexibility index (Phi) is 6.80. The summed E-state index contributed by atoms with van der Waals surface area (Å²) in [6.07, 6.45) is 0. The number of ether oxygens (including phenoxy) is 1. The fraction of sp³-hybridized carbons (Fsp3) is 0.278. The van der Waals surface area contributed by atoms with Crippen LogP contribution in [0.15, 0.2) is 51.8 Å². The molecule has 0 saturated heterocycles. The molecule has 0 bridgehead atoms. The van der Waals surface area contributed by atoms with Gasteiger partial charge in [0.15, 0.2) is 0 Å². The maximum atomic E-state index is 12.7. The predicted molar refractivity (Wildman–Crippen MR) is 105 cm³/mol. The van der Waals surface area contributed by atoms with E-state index < -0.39 is 15.9 Å². The number of nitrogens with zero attached hydrogens (tertiary/aromatic N) is 1. The van der Waals surface area contributed by atoms with E-state index in [4.69, 9.17) is 4.74 Å². The van der Waals surface area contributed by atoms with E-state index in [0.29, 0.717) is 18.0 Å². The van der Waals surface area contributed by atoms with Gasteiger partial charge in [-0.1, -0.05) is 22.0 Å². The summed E-state index contributed by atoms with van der Waals surface area (Å²) in [4.78, 5) is 12.3. The van der Waals surface area contributed by atoms with Crippen LogP contribution in [0.2, 0.25) is 0 Å². The maximum absolute atomic E-state index is 12.7. The van der Waals surface area contributed by atoms with Crippen molar-refractivity contribution < 1.29 is 17.9 Å². The van der Waals surface area contributed by atoms with Crippen molar-refractivity contribution in [2.24, 2.45) is 0 Å². The second kappa shape index (κ2) is 8.66. The van der Waals surface area contributed by atoms with Crippen LogP contribution < -0.4 is 10.1 Å². The number of anilines is 1. The Bertz CT molecular complexity index is 900. The fourth-order valence-electron chi connectivity index (χ4n) is 2.33. The molecule has 8 heteroatoms. The number of carbonyl (C=O) groups excluding carboxylic acids is 1. The van der Waals surface area contributed by atoms with Crippen LogP contribution in [0.1, 0.15) is 12.5 Å². The van der Waals surface area contributed by atoms with Crippen molar-refractivity contribution in [2.75, 3.05) is 25.5 Å². The molecule has 1 N–H and O–H groups in total. The number of benzene rings is 2. The molecule has 2 aromatic rings. The molecule has 0 fully saturated rings. The van der Waals surface area contributed by atoms with Gasteiger partial charge >= 0.3 is 0 Å². The second-order valence-corrected chi connectivity index (χ2v) is 8.64. The van der Waals surface area contributed by atoms with E-state index in [0.717, 1.165) is 14.3 Å². The largest absolute Gasteiger partial charge is 0.494 e. The Labute approximate surface area is 162 Å². The summed E-state index contributed by atoms with van der Waals surface area (Å²) in [7, 11) is -2.40. The molecule has 140 valence electrons. The molecular formula is C18H21BrN2O4S. The van der Waals surface area contributed by atoms with Crippen molar-refractivity contribution in [3.05, 3.63) is 52.5 Å². The van der Waals surface area contributed by atoms with Gasteiger partial charge < -0.3 is 10.1 Å². The maximum Gasteiger partial charge on any atom is 0.243 e. The van der Waals surface area contributed by atoms with Gasteiger partial charge in [-0.25, -0.2) is 8.42 Å². The zero-order chi connectivity index (χ0) is 19.3. The van der Waals surface area contributed by atoms with Gasteiger partial charge in [0.1, 0.15) is 5.75 Å². The lowest BCUT2D eigenvalue weighted by Gasteiger charge is -2.18. The van der Waals surface area contributed by atoms with Crippen molar-refractivity contribution in [1.29, 1.82) is 0 Å². The molecule has 0 saturated carbocycles. The molecule has 0 spiro atoms. The zero-order valence-corrected chi connectivity index (χ0v) is 17.2. The molecule has 0 aliphatic carbocycles. The SMILES string of the molecule is CCOc1ccc(S(=O)(=O)N(C)CC(=O)Nc2cccc(Br)c2)cc1C. The smallest absolute Gasteiger partial charge is 0.243 e. The summed E-state index contributed by atoms with van der Waals surface area (Å²) in [5.74, 6) is 0.221. The Balaban J connectivity index is 2.10. The van der Waals surface area contributed by atoms with E-state index in [1.54, 1.807) is 37.3 Å². The number of amides is 1. The zero-order valence-electron chi connectivity index (χ0n) is 14.8. The second-order valence-electron chi connectivity index (χ2n) is 5.68. The monoisotopic (exact) mass is 440 g/mol. The number of likely N-dealkylation sites (N-methyl/N-ethyl adjacent to an activating group) is 1. The molecule has 0 aliphatic rings. The van der Waals surface area contributed by atoms with Gasteiger partial charge in [0, 0.05) is 17.2 Å². The summed E-state index contributed by atoms with van der Waals surface area (Å²) < 4.78 is 32.7. The quantitative estimate of drug-likeness (QED) is 0.715. The van der Waals surface area contributed by atoms with Crippen LogP contribution in [0.5, 0.6) is 5.75 Å². The first kappa shape index (κ1) is 20.4. The number of halogens is 1. The molecule has 0 heterocycles. The van der Waals surface area contributed by atoms with Crippen LogP contribution in [0.3, 0.4) is 0 Å². The Morgan fingerprint density at radius 1 is 1.23 bits per heavy atom. The van der Waals surface area contributed by atoms with Crippen molar-refractivity contribution in [3.63, 3.8) is 0 Å². The molecule has 0 aliphatic heterocycles. The molecular weight excluding hydrogens is 420 g/mol. The van der Waals surface area contributed by atoms with E-state index in [-0.39, 0.29) is 11.4 Å². The summed E-state index contributed by atoms with van der Waals surface area (Å²) in [5.41, 5.74) is 1.31. The highest BCUT2D eigenvalue weighted by Crippen LogP contribution is 2.23. The number of aryl methyl sites for hydroxylation is 1. The molecule has 0 unspecified atom stereocenters. The van der Waals surface area contributed by atoms with Crippen LogP contribution in [-0.4, -0.2) is 38.8 Å². The van der Waals surface area contributed by atoms with Crippen molar-refractivity contribution in [3.8, 4) is 5.75 Å². The van der Waals surface area contributed by atoms with Crippen LogP contribution in [0.25, 0.3) is 0 Å². The summed E-state index contributed by atoms with van der Waals surface area (Å²) in [5, 5.41) is 2.68. The van der Waals surface area contributed by atoms with Crippen molar-refractivity contribution in [2.45, 2.75) is 18.7 Å². The standard InChI is InChI=1S/C18H21BrN2O4S/c1-4-25-17-9-8-16(10-13(17)2)26(23,24)21(3)12-18(22)20-15-7-5-6-14(19)11-15/h5-11H,4,12H2,1-3H3,(H,20,22). The highest BCUT2D eigenvalue weighted by Gasteiger charge is 2.23. The van der Waals surface area contributed by atoms with E-state index in [2.05, 4.69) is 21.2 Å². The summed E-state index contributed by atoms with van der Waals surface area (Å²) in [6.45, 7) is 3.86. The highest BCUT2D eigenvalue weighted by atomic mass is 79.9. The minimum Gasteiger partial charge on any atom is -0.494 e. The van der Waals surface area contributed by atoms with Gasteiger partial charge in [0.05, 0.1) is 18.0 Å². The third-order valence-corrected chi connectivity index (χ3v) is 5.92. The normalized spacial score (nSPS) is 11.4. The van der Waals surface area contributed by atoms with E-state index in [1.807, 2.05) is 13.0 Å². The minimum absolute atomic E-state index is 0.121. The molecule has 0 atom stereocenters. The van der Waals surface area contributed by atoms with Crippen LogP contribution in [0.4, 0.5) is 5.69 Å². The van der Waals surface area contributed by atoms with Gasteiger partial charge in [-0.15, -0.1) is 0 Å². The average Bonchev–Trinajstić information content (AvgIpc) is 2.56. The topological polar surface area (TPSA) is 75.7 Å². The summed E-state index contributed by atoms with van der Waals surface area (Å²) >= 11 is 3.32. The van der Waals surface area contributed by atoms with E-state index >= 15 is 0 Å².